The molecule has 2 rings (SSSR count). The predicted octanol–water partition coefficient (Wildman–Crippen LogP) is 0.981. The summed E-state index contributed by atoms with van der Waals surface area (Å²) in [6, 6.07) is 0. The van der Waals surface area contributed by atoms with Crippen molar-refractivity contribution in [3.05, 3.63) is 0 Å². The molecule has 2 heterocycles. The van der Waals surface area contributed by atoms with E-state index in [1.807, 2.05) is 0 Å². The lowest BCUT2D eigenvalue weighted by molar-refractivity contribution is 0.0498. The fraction of sp³-hybridized carbons (Fsp3) is 0.778. The maximum atomic E-state index is 5.51. The van der Waals surface area contributed by atoms with Crippen LogP contribution in [0.5, 0.6) is 0 Å². The topological polar surface area (TPSA) is 64.3 Å². The molecule has 0 bridgehead atoms. The molecule has 2 N–H and O–H groups in total. The highest BCUT2D eigenvalue weighted by atomic mass is 32.1. The van der Waals surface area contributed by atoms with Crippen LogP contribution in [-0.4, -0.2) is 35.7 Å². The van der Waals surface area contributed by atoms with Crippen LogP contribution >= 0.6 is 11.5 Å². The Morgan fingerprint density at radius 3 is 3.00 bits per heavy atom. The second-order valence-corrected chi connectivity index (χ2v) is 4.65. The zero-order chi connectivity index (χ0) is 10.8. The number of nitrogens with two attached hydrogens (primary N) is 1. The van der Waals surface area contributed by atoms with Gasteiger partial charge in [-0.25, -0.2) is 0 Å². The minimum Gasteiger partial charge on any atom is -0.379 e. The molecule has 0 amide bonds. The summed E-state index contributed by atoms with van der Waals surface area (Å²) in [6.07, 6.45) is 1.40. The van der Waals surface area contributed by atoms with Gasteiger partial charge in [0, 0.05) is 31.7 Å². The van der Waals surface area contributed by atoms with Crippen LogP contribution in [0.25, 0.3) is 0 Å². The molecule has 1 saturated heterocycles. The summed E-state index contributed by atoms with van der Waals surface area (Å²) in [7, 11) is 1.76. The van der Waals surface area contributed by atoms with Crippen molar-refractivity contribution in [1.29, 1.82) is 0 Å². The molecule has 0 saturated carbocycles. The van der Waals surface area contributed by atoms with Crippen molar-refractivity contribution >= 4 is 22.6 Å². The Kier molecular flexibility index (Phi) is 3.06. The second-order valence-electron chi connectivity index (χ2n) is 3.92. The molecule has 0 spiro atoms. The highest BCUT2D eigenvalue weighted by Gasteiger charge is 2.27. The normalized spacial score (nSPS) is 26.9. The zero-order valence-corrected chi connectivity index (χ0v) is 9.83. The van der Waals surface area contributed by atoms with Gasteiger partial charge in [-0.15, -0.1) is 0 Å². The minimum atomic E-state index is 0.281. The highest BCUT2D eigenvalue weighted by molar-refractivity contribution is 7.09. The molecule has 1 aliphatic heterocycles. The summed E-state index contributed by atoms with van der Waals surface area (Å²) in [5.74, 6) is 0.971. The predicted molar refractivity (Wildman–Crippen MR) is 61.1 cm³/mol. The van der Waals surface area contributed by atoms with Crippen molar-refractivity contribution in [2.24, 2.45) is 5.92 Å². The number of methoxy groups -OCH3 is 1. The molecular formula is C9H16N4OS. The standard InChI is InChI=1S/C9H16N4OS/c1-6-3-4-13(5-7(6)14-2)9-11-8(10)12-15-9/h6-7H,3-5H2,1-2H3,(H2,10,12). The Morgan fingerprint density at radius 2 is 2.40 bits per heavy atom. The summed E-state index contributed by atoms with van der Waals surface area (Å²) < 4.78 is 9.43. The van der Waals surface area contributed by atoms with Crippen molar-refractivity contribution in [2.45, 2.75) is 19.4 Å². The third-order valence-electron chi connectivity index (χ3n) is 2.89. The first-order valence-electron chi connectivity index (χ1n) is 5.07. The van der Waals surface area contributed by atoms with Gasteiger partial charge >= 0.3 is 0 Å². The van der Waals surface area contributed by atoms with Crippen LogP contribution < -0.4 is 10.6 Å². The van der Waals surface area contributed by atoms with E-state index in [9.17, 15) is 0 Å². The van der Waals surface area contributed by atoms with Crippen LogP contribution in [0.2, 0.25) is 0 Å². The number of nitrogens with zero attached hydrogens (tertiary/aromatic N) is 3. The van der Waals surface area contributed by atoms with Gasteiger partial charge in [0.15, 0.2) is 0 Å². The van der Waals surface area contributed by atoms with Crippen molar-refractivity contribution in [1.82, 2.24) is 9.36 Å². The molecule has 5 nitrogen and oxygen atoms in total. The number of rotatable bonds is 2. The van der Waals surface area contributed by atoms with Gasteiger partial charge in [0.2, 0.25) is 11.1 Å². The van der Waals surface area contributed by atoms with E-state index in [0.29, 0.717) is 11.9 Å². The Hall–Kier alpha value is -0.880. The molecule has 84 valence electrons. The molecular weight excluding hydrogens is 212 g/mol. The van der Waals surface area contributed by atoms with Crippen LogP contribution in [0, 0.1) is 5.92 Å². The van der Waals surface area contributed by atoms with Crippen molar-refractivity contribution in [2.75, 3.05) is 30.8 Å². The van der Waals surface area contributed by atoms with Gasteiger partial charge in [0.1, 0.15) is 0 Å². The van der Waals surface area contributed by atoms with E-state index >= 15 is 0 Å². The number of nitrogen functional groups attached to an aromatic ring is 1. The second kappa shape index (κ2) is 4.32. The summed E-state index contributed by atoms with van der Waals surface area (Å²) in [5, 5.41) is 0.904. The first-order valence-corrected chi connectivity index (χ1v) is 5.85. The number of anilines is 2. The van der Waals surface area contributed by atoms with Crippen LogP contribution in [-0.2, 0) is 4.74 Å². The van der Waals surface area contributed by atoms with Crippen molar-refractivity contribution in [3.63, 3.8) is 0 Å². The molecule has 0 aromatic carbocycles. The zero-order valence-electron chi connectivity index (χ0n) is 9.01. The van der Waals surface area contributed by atoms with Crippen LogP contribution in [0.1, 0.15) is 13.3 Å². The van der Waals surface area contributed by atoms with Gasteiger partial charge in [0.25, 0.3) is 0 Å². The van der Waals surface area contributed by atoms with Crippen LogP contribution in [0.15, 0.2) is 0 Å². The Bertz CT molecular complexity index is 330. The van der Waals surface area contributed by atoms with Gasteiger partial charge in [-0.3, -0.25) is 0 Å². The minimum absolute atomic E-state index is 0.281. The maximum absolute atomic E-state index is 5.51. The molecule has 6 heteroatoms. The first-order chi connectivity index (χ1) is 7.20. The fourth-order valence-electron chi connectivity index (χ4n) is 1.87. The summed E-state index contributed by atoms with van der Waals surface area (Å²) in [6.45, 7) is 4.11. The lowest BCUT2D eigenvalue weighted by Crippen LogP contribution is -2.43. The summed E-state index contributed by atoms with van der Waals surface area (Å²) >= 11 is 1.35. The van der Waals surface area contributed by atoms with E-state index in [0.717, 1.165) is 24.6 Å². The van der Waals surface area contributed by atoms with E-state index in [2.05, 4.69) is 21.2 Å². The molecule has 1 fully saturated rings. The number of hydrogen-bond donors (Lipinski definition) is 1. The Labute approximate surface area is 93.4 Å². The lowest BCUT2D eigenvalue weighted by Gasteiger charge is -2.35. The fourth-order valence-corrected chi connectivity index (χ4v) is 2.50. The maximum Gasteiger partial charge on any atom is 0.233 e. The van der Waals surface area contributed by atoms with E-state index < -0.39 is 0 Å². The van der Waals surface area contributed by atoms with Crippen LogP contribution in [0.4, 0.5) is 11.1 Å². The third kappa shape index (κ3) is 2.21. The average molecular weight is 228 g/mol. The largest absolute Gasteiger partial charge is 0.379 e. The Balaban J connectivity index is 2.06. The molecule has 1 aliphatic rings. The summed E-state index contributed by atoms with van der Waals surface area (Å²) in [4.78, 5) is 6.38. The van der Waals surface area contributed by atoms with Crippen LogP contribution in [0.3, 0.4) is 0 Å². The number of ether oxygens (including phenoxy) is 1. The molecule has 2 atom stereocenters. The van der Waals surface area contributed by atoms with E-state index in [1.165, 1.54) is 11.5 Å². The SMILES string of the molecule is COC1CN(c2nc(N)ns2)CCC1C. The van der Waals surface area contributed by atoms with E-state index in [4.69, 9.17) is 10.5 Å². The van der Waals surface area contributed by atoms with Crippen molar-refractivity contribution in [3.8, 4) is 0 Å². The molecule has 0 radical (unpaired) electrons. The van der Waals surface area contributed by atoms with Gasteiger partial charge < -0.3 is 15.4 Å². The third-order valence-corrected chi connectivity index (χ3v) is 3.68. The highest BCUT2D eigenvalue weighted by Crippen LogP contribution is 2.26. The van der Waals surface area contributed by atoms with Gasteiger partial charge in [-0.2, -0.15) is 9.36 Å². The molecule has 15 heavy (non-hydrogen) atoms. The quantitative estimate of drug-likeness (QED) is 0.817. The average Bonchev–Trinajstić information content (AvgIpc) is 2.66. The number of piperidine rings is 1. The number of hydrogen-bond acceptors (Lipinski definition) is 6. The van der Waals surface area contributed by atoms with Gasteiger partial charge in [-0.1, -0.05) is 6.92 Å². The van der Waals surface area contributed by atoms with E-state index in [-0.39, 0.29) is 6.10 Å². The lowest BCUT2D eigenvalue weighted by atomic mass is 9.96. The molecule has 1 aromatic heterocycles. The van der Waals surface area contributed by atoms with E-state index in [1.54, 1.807) is 7.11 Å². The molecule has 0 aliphatic carbocycles. The Morgan fingerprint density at radius 1 is 1.60 bits per heavy atom. The first kappa shape index (κ1) is 10.6. The van der Waals surface area contributed by atoms with Gasteiger partial charge in [0.05, 0.1) is 6.10 Å². The molecule has 1 aromatic rings. The van der Waals surface area contributed by atoms with Gasteiger partial charge in [-0.05, 0) is 12.3 Å². The van der Waals surface area contributed by atoms with Crippen molar-refractivity contribution < 1.29 is 4.74 Å². The number of aromatic nitrogens is 2. The molecule has 2 unspecified atom stereocenters. The summed E-state index contributed by atoms with van der Waals surface area (Å²) in [5.41, 5.74) is 5.51. The smallest absolute Gasteiger partial charge is 0.233 e. The monoisotopic (exact) mass is 228 g/mol.